The maximum atomic E-state index is 12.6. The van der Waals surface area contributed by atoms with Crippen LogP contribution in [0.5, 0.6) is 0 Å². The molecule has 0 radical (unpaired) electrons. The van der Waals surface area contributed by atoms with E-state index in [1.807, 2.05) is 30.3 Å². The van der Waals surface area contributed by atoms with Crippen LogP contribution in [0.4, 0.5) is 0 Å². The van der Waals surface area contributed by atoms with Crippen molar-refractivity contribution in [1.29, 1.82) is 0 Å². The third-order valence-corrected chi connectivity index (χ3v) is 6.52. The van der Waals surface area contributed by atoms with Crippen LogP contribution in [0.1, 0.15) is 35.2 Å². The Hall–Kier alpha value is -2.18. The Kier molecular flexibility index (Phi) is 6.06. The van der Waals surface area contributed by atoms with Crippen LogP contribution < -0.4 is 5.32 Å². The van der Waals surface area contributed by atoms with Crippen molar-refractivity contribution in [2.45, 2.75) is 30.6 Å². The van der Waals surface area contributed by atoms with Crippen molar-refractivity contribution in [2.24, 2.45) is 0 Å². The molecule has 0 atom stereocenters. The van der Waals surface area contributed by atoms with Crippen molar-refractivity contribution in [3.63, 3.8) is 0 Å². The van der Waals surface area contributed by atoms with Gasteiger partial charge in [0.25, 0.3) is 5.91 Å². The molecule has 1 aliphatic rings. The molecule has 0 saturated carbocycles. The summed E-state index contributed by atoms with van der Waals surface area (Å²) in [5.41, 5.74) is 1.63. The zero-order valence-corrected chi connectivity index (χ0v) is 15.5. The maximum absolute atomic E-state index is 12.6. The van der Waals surface area contributed by atoms with E-state index in [1.165, 1.54) is 16.4 Å². The summed E-state index contributed by atoms with van der Waals surface area (Å²) >= 11 is 0. The van der Waals surface area contributed by atoms with Crippen LogP contribution in [0.15, 0.2) is 59.5 Å². The number of amides is 1. The molecule has 0 spiro atoms. The van der Waals surface area contributed by atoms with Crippen molar-refractivity contribution in [2.75, 3.05) is 19.6 Å². The van der Waals surface area contributed by atoms with Crippen LogP contribution in [-0.4, -0.2) is 38.3 Å². The summed E-state index contributed by atoms with van der Waals surface area (Å²) in [4.78, 5) is 12.5. The Morgan fingerprint density at radius 3 is 2.23 bits per heavy atom. The molecular weight excluding hydrogens is 348 g/mol. The molecule has 5 nitrogen and oxygen atoms in total. The molecule has 0 bridgehead atoms. The molecule has 6 heteroatoms. The van der Waals surface area contributed by atoms with Gasteiger partial charge in [-0.15, -0.1) is 0 Å². The number of nitrogens with one attached hydrogen (secondary N) is 1. The van der Waals surface area contributed by atoms with Gasteiger partial charge >= 0.3 is 0 Å². The van der Waals surface area contributed by atoms with Crippen LogP contribution in [0.25, 0.3) is 0 Å². The minimum Gasteiger partial charge on any atom is -0.352 e. The highest BCUT2D eigenvalue weighted by molar-refractivity contribution is 7.89. The van der Waals surface area contributed by atoms with Crippen molar-refractivity contribution in [3.8, 4) is 0 Å². The minimum absolute atomic E-state index is 0.192. The van der Waals surface area contributed by atoms with Gasteiger partial charge in [0.15, 0.2) is 0 Å². The maximum Gasteiger partial charge on any atom is 0.251 e. The number of rotatable bonds is 6. The van der Waals surface area contributed by atoms with Crippen LogP contribution in [0, 0.1) is 0 Å². The molecule has 3 rings (SSSR count). The zero-order chi connectivity index (χ0) is 18.4. The first-order valence-corrected chi connectivity index (χ1v) is 10.4. The number of piperidine rings is 1. The molecule has 1 saturated heterocycles. The van der Waals surface area contributed by atoms with Gasteiger partial charge in [-0.3, -0.25) is 4.79 Å². The topological polar surface area (TPSA) is 66.5 Å². The largest absolute Gasteiger partial charge is 0.352 e. The predicted molar refractivity (Wildman–Crippen MR) is 102 cm³/mol. The van der Waals surface area contributed by atoms with Gasteiger partial charge in [-0.2, -0.15) is 4.31 Å². The van der Waals surface area contributed by atoms with Crippen molar-refractivity contribution >= 4 is 15.9 Å². The van der Waals surface area contributed by atoms with Crippen LogP contribution >= 0.6 is 0 Å². The van der Waals surface area contributed by atoms with Gasteiger partial charge in [0.05, 0.1) is 4.90 Å². The summed E-state index contributed by atoms with van der Waals surface area (Å²) in [6, 6.07) is 16.1. The zero-order valence-electron chi connectivity index (χ0n) is 14.7. The first kappa shape index (κ1) is 18.6. The summed E-state index contributed by atoms with van der Waals surface area (Å²) in [6.45, 7) is 1.69. The second-order valence-electron chi connectivity index (χ2n) is 6.48. The minimum atomic E-state index is -3.46. The molecule has 0 aromatic heterocycles. The summed E-state index contributed by atoms with van der Waals surface area (Å²) < 4.78 is 26.8. The van der Waals surface area contributed by atoms with Crippen molar-refractivity contribution in [1.82, 2.24) is 9.62 Å². The average Bonchev–Trinajstić information content (AvgIpc) is 2.69. The summed E-state index contributed by atoms with van der Waals surface area (Å²) in [5.74, 6) is -0.192. The molecule has 2 aromatic rings. The monoisotopic (exact) mass is 372 g/mol. The molecule has 1 fully saturated rings. The quantitative estimate of drug-likeness (QED) is 0.848. The molecule has 1 heterocycles. The van der Waals surface area contributed by atoms with E-state index in [1.54, 1.807) is 12.1 Å². The van der Waals surface area contributed by atoms with E-state index in [2.05, 4.69) is 5.32 Å². The van der Waals surface area contributed by atoms with Gasteiger partial charge in [0.1, 0.15) is 0 Å². The van der Waals surface area contributed by atoms with E-state index in [4.69, 9.17) is 0 Å². The third-order valence-electron chi connectivity index (χ3n) is 4.61. The molecule has 0 aliphatic carbocycles. The van der Waals surface area contributed by atoms with Gasteiger partial charge in [0.2, 0.25) is 10.0 Å². The third kappa shape index (κ3) is 4.51. The lowest BCUT2D eigenvalue weighted by Gasteiger charge is -2.25. The van der Waals surface area contributed by atoms with E-state index >= 15 is 0 Å². The second kappa shape index (κ2) is 8.47. The number of carbonyl (C=O) groups excluding carboxylic acids is 1. The fourth-order valence-electron chi connectivity index (χ4n) is 3.10. The van der Waals surface area contributed by atoms with Gasteiger partial charge < -0.3 is 5.32 Å². The lowest BCUT2D eigenvalue weighted by atomic mass is 10.1. The number of carbonyl (C=O) groups is 1. The normalized spacial score (nSPS) is 15.5. The van der Waals surface area contributed by atoms with Crippen LogP contribution in [-0.2, 0) is 16.4 Å². The molecule has 138 valence electrons. The first-order chi connectivity index (χ1) is 12.6. The van der Waals surface area contributed by atoms with Gasteiger partial charge in [-0.25, -0.2) is 8.42 Å². The fraction of sp³-hybridized carbons (Fsp3) is 0.350. The molecule has 1 N–H and O–H groups in total. The van der Waals surface area contributed by atoms with E-state index < -0.39 is 10.0 Å². The highest BCUT2D eigenvalue weighted by Gasteiger charge is 2.25. The summed E-state index contributed by atoms with van der Waals surface area (Å²) in [5, 5.41) is 2.87. The van der Waals surface area contributed by atoms with Gasteiger partial charge in [-0.1, -0.05) is 36.8 Å². The van der Waals surface area contributed by atoms with Crippen LogP contribution in [0.2, 0.25) is 0 Å². The Morgan fingerprint density at radius 2 is 1.58 bits per heavy atom. The Labute approximate surface area is 155 Å². The van der Waals surface area contributed by atoms with E-state index in [9.17, 15) is 13.2 Å². The highest BCUT2D eigenvalue weighted by atomic mass is 32.2. The number of sulfonamides is 1. The fourth-order valence-corrected chi connectivity index (χ4v) is 4.62. The summed E-state index contributed by atoms with van der Waals surface area (Å²) in [6.07, 6.45) is 3.64. The average molecular weight is 372 g/mol. The number of hydrogen-bond acceptors (Lipinski definition) is 3. The standard InChI is InChI=1S/C20H24N2O3S/c23-20(21-14-13-17-7-3-1-4-8-17)18-9-11-19(12-10-18)26(24,25)22-15-5-2-6-16-22/h1,3-4,7-12H,2,5-6,13-16H2,(H,21,23). The van der Waals surface area contributed by atoms with Crippen molar-refractivity contribution < 1.29 is 13.2 Å². The Balaban J connectivity index is 1.59. The van der Waals surface area contributed by atoms with Gasteiger partial charge in [0, 0.05) is 25.2 Å². The Bertz CT molecular complexity index is 827. The number of benzene rings is 2. The molecule has 26 heavy (non-hydrogen) atoms. The first-order valence-electron chi connectivity index (χ1n) is 9.00. The van der Waals surface area contributed by atoms with Crippen LogP contribution in [0.3, 0.4) is 0 Å². The number of hydrogen-bond donors (Lipinski definition) is 1. The van der Waals surface area contributed by atoms with Crippen molar-refractivity contribution in [3.05, 3.63) is 65.7 Å². The smallest absolute Gasteiger partial charge is 0.251 e. The lowest BCUT2D eigenvalue weighted by molar-refractivity contribution is 0.0954. The molecule has 2 aromatic carbocycles. The van der Waals surface area contributed by atoms with Gasteiger partial charge in [-0.05, 0) is 49.1 Å². The van der Waals surface area contributed by atoms with E-state index in [0.717, 1.165) is 31.2 Å². The molecule has 0 unspecified atom stereocenters. The van der Waals surface area contributed by atoms with E-state index in [0.29, 0.717) is 25.2 Å². The lowest BCUT2D eigenvalue weighted by Crippen LogP contribution is -2.35. The molecular formula is C20H24N2O3S. The molecule has 1 aliphatic heterocycles. The second-order valence-corrected chi connectivity index (χ2v) is 8.42. The summed E-state index contributed by atoms with van der Waals surface area (Å²) in [7, 11) is -3.46. The number of nitrogens with zero attached hydrogens (tertiary/aromatic N) is 1. The predicted octanol–water partition coefficient (Wildman–Crippen LogP) is 2.83. The SMILES string of the molecule is O=C(NCCc1ccccc1)c1ccc(S(=O)(=O)N2CCCCC2)cc1. The highest BCUT2D eigenvalue weighted by Crippen LogP contribution is 2.20. The van der Waals surface area contributed by atoms with E-state index in [-0.39, 0.29) is 10.8 Å². The Morgan fingerprint density at radius 1 is 0.923 bits per heavy atom. The molecule has 1 amide bonds.